The van der Waals surface area contributed by atoms with Gasteiger partial charge >= 0.3 is 41.8 Å². The summed E-state index contributed by atoms with van der Waals surface area (Å²) in [6.45, 7) is 6.56. The van der Waals surface area contributed by atoms with Crippen LogP contribution in [0.5, 0.6) is 0 Å². The van der Waals surface area contributed by atoms with Crippen LogP contribution in [0.2, 0.25) is 0 Å². The summed E-state index contributed by atoms with van der Waals surface area (Å²) in [5.41, 5.74) is 0.348. The third kappa shape index (κ3) is 14.1. The predicted octanol–water partition coefficient (Wildman–Crippen LogP) is 4.67. The first-order chi connectivity index (χ1) is 37.3. The zero-order valence-electron chi connectivity index (χ0n) is 43.3. The Balaban J connectivity index is 1.14. The second kappa shape index (κ2) is 25.5. The topological polar surface area (TPSA) is 269 Å². The number of esters is 7. The smallest absolute Gasteiger partial charge is 0.338 e. The summed E-state index contributed by atoms with van der Waals surface area (Å²) < 4.78 is 85.0. The zero-order valence-corrected chi connectivity index (χ0v) is 43.3. The van der Waals surface area contributed by atoms with Crippen LogP contribution in [0.25, 0.3) is 0 Å². The van der Waals surface area contributed by atoms with Crippen molar-refractivity contribution in [3.05, 3.63) is 144 Å². The van der Waals surface area contributed by atoms with E-state index in [9.17, 15) is 38.7 Å². The molecule has 12 unspecified atom stereocenters. The maximum absolute atomic E-state index is 14.2. The molecule has 4 aliphatic rings. The first-order valence-corrected chi connectivity index (χ1v) is 25.1. The van der Waals surface area contributed by atoms with Crippen LogP contribution in [0.15, 0.2) is 121 Å². The number of carbonyl (C=O) groups is 7. The average molecular weight is 1090 g/mol. The maximum Gasteiger partial charge on any atom is 0.338 e. The van der Waals surface area contributed by atoms with Gasteiger partial charge in [-0.3, -0.25) is 14.4 Å². The van der Waals surface area contributed by atoms with Gasteiger partial charge in [0.2, 0.25) is 0 Å². The largest absolute Gasteiger partial charge is 0.463 e. The lowest BCUT2D eigenvalue weighted by Gasteiger charge is -2.45. The third-order valence-corrected chi connectivity index (χ3v) is 12.9. The van der Waals surface area contributed by atoms with E-state index in [0.717, 1.165) is 6.92 Å². The van der Waals surface area contributed by atoms with Gasteiger partial charge in [0, 0.05) is 26.7 Å². The first kappa shape index (κ1) is 57.0. The highest BCUT2D eigenvalue weighted by atomic mass is 16.9. The van der Waals surface area contributed by atoms with E-state index in [1.165, 1.54) is 62.4 Å². The second-order valence-electron chi connectivity index (χ2n) is 19.1. The van der Waals surface area contributed by atoms with E-state index in [2.05, 4.69) is 0 Å². The molecular weight excluding hydrogens is 1020 g/mol. The van der Waals surface area contributed by atoms with E-state index in [1.54, 1.807) is 93.6 Å². The first-order valence-electron chi connectivity index (χ1n) is 25.1. The number of carbonyl (C=O) groups excluding carboxylic acids is 7. The molecule has 4 aromatic carbocycles. The molecule has 0 saturated carbocycles. The van der Waals surface area contributed by atoms with Crippen molar-refractivity contribution < 1.29 is 105 Å². The molecule has 4 fully saturated rings. The van der Waals surface area contributed by atoms with Crippen molar-refractivity contribution in [1.29, 1.82) is 0 Å². The summed E-state index contributed by atoms with van der Waals surface area (Å²) in [4.78, 5) is 92.7. The predicted molar refractivity (Wildman–Crippen MR) is 263 cm³/mol. The van der Waals surface area contributed by atoms with Gasteiger partial charge in [-0.1, -0.05) is 79.7 Å². The summed E-state index contributed by atoms with van der Waals surface area (Å²) in [5.74, 6) is -7.79. The van der Waals surface area contributed by atoms with Gasteiger partial charge in [-0.05, 0) is 62.4 Å². The molecule has 0 amide bonds. The Hall–Kier alpha value is -7.15. The fourth-order valence-electron chi connectivity index (χ4n) is 9.35. The Morgan fingerprint density at radius 2 is 0.949 bits per heavy atom. The maximum atomic E-state index is 14.2. The lowest BCUT2D eigenvalue weighted by Crippen LogP contribution is -2.63. The van der Waals surface area contributed by atoms with Crippen LogP contribution in [0.4, 0.5) is 0 Å². The van der Waals surface area contributed by atoms with E-state index in [1.807, 2.05) is 0 Å². The molecule has 0 spiro atoms. The van der Waals surface area contributed by atoms with Crippen molar-refractivity contribution in [2.24, 2.45) is 5.92 Å². The quantitative estimate of drug-likeness (QED) is 0.0987. The van der Waals surface area contributed by atoms with Crippen molar-refractivity contribution in [2.45, 2.75) is 133 Å². The number of aliphatic hydroxyl groups excluding tert-OH is 1. The van der Waals surface area contributed by atoms with Gasteiger partial charge in [-0.15, -0.1) is 0 Å². The van der Waals surface area contributed by atoms with Crippen molar-refractivity contribution in [3.8, 4) is 0 Å². The van der Waals surface area contributed by atoms with Crippen LogP contribution < -0.4 is 0 Å². The Morgan fingerprint density at radius 1 is 0.500 bits per heavy atom. The van der Waals surface area contributed by atoms with E-state index in [4.69, 9.17) is 66.3 Å². The number of benzene rings is 4. The molecule has 4 saturated heterocycles. The summed E-state index contributed by atoms with van der Waals surface area (Å²) >= 11 is 0. The fourth-order valence-corrected chi connectivity index (χ4v) is 9.35. The Labute approximate surface area is 448 Å². The minimum atomic E-state index is -1.82. The molecule has 22 nitrogen and oxygen atoms in total. The molecule has 1 N–H and O–H groups in total. The SMILES string of the molecule is CC(=O)OCC1OC(O[C@H]2C3OC(C)(C)O[C@H]3O[C@@H]2C(O)COC2OC(COC(=O)c3ccccc3)C(OC(=O)c3ccccc3)C(OC(=O)c3ccccc3)C2OC(=O)c2ccccc2)C(OC(C)=O)C(C)C1OC(C)=O. The molecule has 15 atom stereocenters. The second-order valence-corrected chi connectivity index (χ2v) is 19.1. The number of fused-ring (bicyclic) bond motifs is 1. The van der Waals surface area contributed by atoms with E-state index < -0.39 is 159 Å². The summed E-state index contributed by atoms with van der Waals surface area (Å²) in [5, 5.41) is 12.3. The Kier molecular flexibility index (Phi) is 18.7. The highest BCUT2D eigenvalue weighted by Crippen LogP contribution is 2.43. The molecule has 0 aliphatic carbocycles. The van der Waals surface area contributed by atoms with Crippen LogP contribution >= 0.6 is 0 Å². The van der Waals surface area contributed by atoms with E-state index in [-0.39, 0.29) is 22.3 Å². The van der Waals surface area contributed by atoms with Crippen LogP contribution in [-0.4, -0.2) is 159 Å². The minimum absolute atomic E-state index is 0.0514. The van der Waals surface area contributed by atoms with Crippen molar-refractivity contribution in [1.82, 2.24) is 0 Å². The minimum Gasteiger partial charge on any atom is -0.463 e. The summed E-state index contributed by atoms with van der Waals surface area (Å²) in [7, 11) is 0. The Morgan fingerprint density at radius 3 is 1.46 bits per heavy atom. The highest BCUT2D eigenvalue weighted by Gasteiger charge is 2.60. The molecular formula is C56H60O22. The van der Waals surface area contributed by atoms with Gasteiger partial charge in [-0.2, -0.15) is 0 Å². The lowest BCUT2D eigenvalue weighted by molar-refractivity contribution is -0.322. The van der Waals surface area contributed by atoms with Gasteiger partial charge in [-0.25, -0.2) is 19.2 Å². The monoisotopic (exact) mass is 1080 g/mol. The fraction of sp³-hybridized carbons (Fsp3) is 0.446. The molecule has 4 aromatic rings. The number of hydrogen-bond donors (Lipinski definition) is 1. The normalized spacial score (nSPS) is 29.4. The molecule has 0 radical (unpaired) electrons. The summed E-state index contributed by atoms with van der Waals surface area (Å²) in [6, 6.07) is 31.4. The van der Waals surface area contributed by atoms with Crippen molar-refractivity contribution in [3.63, 3.8) is 0 Å². The highest BCUT2D eigenvalue weighted by molar-refractivity contribution is 5.91. The van der Waals surface area contributed by atoms with E-state index in [0.29, 0.717) is 0 Å². The number of rotatable bonds is 19. The van der Waals surface area contributed by atoms with Crippen LogP contribution in [0, 0.1) is 5.92 Å². The lowest BCUT2D eigenvalue weighted by atomic mass is 9.90. The van der Waals surface area contributed by atoms with Crippen molar-refractivity contribution >= 4 is 41.8 Å². The number of aliphatic hydroxyl groups is 1. The molecule has 416 valence electrons. The molecule has 4 aliphatic heterocycles. The number of ether oxygens (including phenoxy) is 14. The van der Waals surface area contributed by atoms with Gasteiger partial charge < -0.3 is 71.4 Å². The van der Waals surface area contributed by atoms with Crippen LogP contribution in [-0.2, 0) is 80.7 Å². The van der Waals surface area contributed by atoms with Gasteiger partial charge in [0.1, 0.15) is 55.9 Å². The zero-order chi connectivity index (χ0) is 55.7. The van der Waals surface area contributed by atoms with Crippen LogP contribution in [0.3, 0.4) is 0 Å². The van der Waals surface area contributed by atoms with Crippen LogP contribution in [0.1, 0.15) is 83.0 Å². The molecule has 78 heavy (non-hydrogen) atoms. The summed E-state index contributed by atoms with van der Waals surface area (Å²) in [6.07, 6.45) is -20.4. The average Bonchev–Trinajstić information content (AvgIpc) is 3.96. The Bertz CT molecular complexity index is 2710. The molecule has 0 bridgehead atoms. The molecule has 8 rings (SSSR count). The van der Waals surface area contributed by atoms with Crippen molar-refractivity contribution in [2.75, 3.05) is 19.8 Å². The van der Waals surface area contributed by atoms with Gasteiger partial charge in [0.05, 0.1) is 28.9 Å². The molecule has 0 aromatic heterocycles. The van der Waals surface area contributed by atoms with Gasteiger partial charge in [0.15, 0.2) is 49.1 Å². The third-order valence-electron chi connectivity index (χ3n) is 12.9. The number of hydrogen-bond acceptors (Lipinski definition) is 22. The van der Waals surface area contributed by atoms with Gasteiger partial charge in [0.25, 0.3) is 0 Å². The standard InChI is InChI=1S/C56H60O22/c1-30-41(68-32(3)58)39(28-65-31(2)57)71-54(42(30)69-33(4)59)76-45-43(75-55-48(45)77-56(5,6)78-55)38(60)27-67-53-47(74-52(64)37-25-17-10-18-26-37)46(73-51(63)36-23-15-9-16-24-36)44(72-50(62)35-21-13-8-14-22-35)40(70-53)29-66-49(61)34-19-11-7-12-20-34/h7-26,30,38-48,53-55,60H,27-29H2,1-6H3/t30?,38?,39?,40?,41?,42?,43-,44?,45-,46?,47?,48?,53?,54?,55-/m1/s1. The molecule has 22 heteroatoms. The van der Waals surface area contributed by atoms with E-state index >= 15 is 0 Å². The molecule has 4 heterocycles.